The van der Waals surface area contributed by atoms with Gasteiger partial charge < -0.3 is 10.5 Å². The molecule has 3 nitrogen and oxygen atoms in total. The Morgan fingerprint density at radius 2 is 2.06 bits per heavy atom. The zero-order valence-electron chi connectivity index (χ0n) is 9.48. The van der Waals surface area contributed by atoms with Crippen LogP contribution in [0, 0.1) is 0 Å². The van der Waals surface area contributed by atoms with E-state index in [1.165, 1.54) is 12.7 Å². The number of methoxy groups -OCH3 is 1. The standard InChI is InChI=1S/C13H17NO2/c1-16-13(15)4-2-3-11-5-7-12(8-6-11)9-10-14/h2-3,5-8H,4,9-10,14H2,1H3. The Morgan fingerprint density at radius 3 is 2.62 bits per heavy atom. The number of benzene rings is 1. The van der Waals surface area contributed by atoms with Crippen LogP contribution in [0.2, 0.25) is 0 Å². The normalized spacial score (nSPS) is 10.6. The van der Waals surface area contributed by atoms with Gasteiger partial charge in [0, 0.05) is 0 Å². The molecule has 0 amide bonds. The molecule has 0 aliphatic carbocycles. The van der Waals surface area contributed by atoms with Gasteiger partial charge in [-0.3, -0.25) is 4.79 Å². The molecule has 1 aromatic carbocycles. The van der Waals surface area contributed by atoms with E-state index in [9.17, 15) is 4.79 Å². The summed E-state index contributed by atoms with van der Waals surface area (Å²) in [5, 5.41) is 0. The van der Waals surface area contributed by atoms with Crippen LogP contribution in [0.15, 0.2) is 30.3 Å². The van der Waals surface area contributed by atoms with E-state index in [0.717, 1.165) is 12.0 Å². The lowest BCUT2D eigenvalue weighted by Gasteiger charge is -1.99. The van der Waals surface area contributed by atoms with Crippen molar-refractivity contribution >= 4 is 12.0 Å². The molecule has 0 radical (unpaired) electrons. The minimum atomic E-state index is -0.226. The Hall–Kier alpha value is -1.61. The van der Waals surface area contributed by atoms with E-state index >= 15 is 0 Å². The maximum absolute atomic E-state index is 10.9. The van der Waals surface area contributed by atoms with Gasteiger partial charge in [0.2, 0.25) is 0 Å². The fourth-order valence-electron chi connectivity index (χ4n) is 1.34. The quantitative estimate of drug-likeness (QED) is 0.768. The molecule has 0 heterocycles. The Kier molecular flexibility index (Phi) is 5.29. The van der Waals surface area contributed by atoms with Crippen molar-refractivity contribution in [2.75, 3.05) is 13.7 Å². The van der Waals surface area contributed by atoms with Crippen molar-refractivity contribution in [3.63, 3.8) is 0 Å². The molecule has 0 saturated heterocycles. The van der Waals surface area contributed by atoms with E-state index in [1.807, 2.05) is 30.3 Å². The van der Waals surface area contributed by atoms with Crippen LogP contribution in [0.5, 0.6) is 0 Å². The van der Waals surface area contributed by atoms with Crippen LogP contribution in [0.3, 0.4) is 0 Å². The van der Waals surface area contributed by atoms with Crippen LogP contribution in [0.25, 0.3) is 6.08 Å². The lowest BCUT2D eigenvalue weighted by atomic mass is 10.1. The minimum Gasteiger partial charge on any atom is -0.469 e. The fraction of sp³-hybridized carbons (Fsp3) is 0.308. The highest BCUT2D eigenvalue weighted by molar-refractivity contribution is 5.72. The van der Waals surface area contributed by atoms with E-state index < -0.39 is 0 Å². The van der Waals surface area contributed by atoms with Gasteiger partial charge in [0.15, 0.2) is 0 Å². The van der Waals surface area contributed by atoms with Crippen molar-refractivity contribution < 1.29 is 9.53 Å². The Bertz CT molecular complexity index is 355. The second kappa shape index (κ2) is 6.80. The summed E-state index contributed by atoms with van der Waals surface area (Å²) >= 11 is 0. The number of esters is 1. The summed E-state index contributed by atoms with van der Waals surface area (Å²) in [5.74, 6) is -0.226. The first-order valence-electron chi connectivity index (χ1n) is 5.28. The molecule has 1 aromatic rings. The van der Waals surface area contributed by atoms with Gasteiger partial charge in [-0.25, -0.2) is 0 Å². The summed E-state index contributed by atoms with van der Waals surface area (Å²) in [6.45, 7) is 0.664. The lowest BCUT2D eigenvalue weighted by Crippen LogP contribution is -2.02. The smallest absolute Gasteiger partial charge is 0.309 e. The average Bonchev–Trinajstić information content (AvgIpc) is 2.31. The van der Waals surface area contributed by atoms with E-state index in [1.54, 1.807) is 6.08 Å². The van der Waals surface area contributed by atoms with E-state index in [4.69, 9.17) is 5.73 Å². The van der Waals surface area contributed by atoms with Crippen LogP contribution >= 0.6 is 0 Å². The number of rotatable bonds is 5. The molecule has 0 saturated carbocycles. The van der Waals surface area contributed by atoms with E-state index in [-0.39, 0.29) is 5.97 Å². The molecule has 0 bridgehead atoms. The van der Waals surface area contributed by atoms with Crippen LogP contribution in [0.4, 0.5) is 0 Å². The molecule has 0 aliphatic rings. The van der Waals surface area contributed by atoms with Gasteiger partial charge in [0.25, 0.3) is 0 Å². The van der Waals surface area contributed by atoms with E-state index in [2.05, 4.69) is 4.74 Å². The SMILES string of the molecule is COC(=O)CC=Cc1ccc(CCN)cc1. The lowest BCUT2D eigenvalue weighted by molar-refractivity contribution is -0.139. The third kappa shape index (κ3) is 4.28. The average molecular weight is 219 g/mol. The molecule has 0 fully saturated rings. The Labute approximate surface area is 95.9 Å². The first kappa shape index (κ1) is 12.5. The molecule has 0 aliphatic heterocycles. The second-order valence-electron chi connectivity index (χ2n) is 3.46. The summed E-state index contributed by atoms with van der Waals surface area (Å²) in [6.07, 6.45) is 4.90. The largest absolute Gasteiger partial charge is 0.469 e. The van der Waals surface area contributed by atoms with Crippen molar-refractivity contribution in [2.45, 2.75) is 12.8 Å². The Morgan fingerprint density at radius 1 is 1.38 bits per heavy atom. The number of hydrogen-bond acceptors (Lipinski definition) is 3. The number of carbonyl (C=O) groups is 1. The second-order valence-corrected chi connectivity index (χ2v) is 3.46. The van der Waals surface area contributed by atoms with Gasteiger partial charge in [-0.15, -0.1) is 0 Å². The molecule has 2 N–H and O–H groups in total. The fourth-order valence-corrected chi connectivity index (χ4v) is 1.34. The highest BCUT2D eigenvalue weighted by atomic mass is 16.5. The predicted molar refractivity (Wildman–Crippen MR) is 64.9 cm³/mol. The van der Waals surface area contributed by atoms with Gasteiger partial charge in [0.1, 0.15) is 0 Å². The zero-order chi connectivity index (χ0) is 11.8. The highest BCUT2D eigenvalue weighted by Crippen LogP contribution is 2.07. The van der Waals surface area contributed by atoms with Crippen molar-refractivity contribution in [3.8, 4) is 0 Å². The van der Waals surface area contributed by atoms with Crippen LogP contribution in [-0.2, 0) is 16.0 Å². The number of carbonyl (C=O) groups excluding carboxylic acids is 1. The van der Waals surface area contributed by atoms with Crippen molar-refractivity contribution in [3.05, 3.63) is 41.5 Å². The Balaban J connectivity index is 2.51. The van der Waals surface area contributed by atoms with Crippen LogP contribution < -0.4 is 5.73 Å². The van der Waals surface area contributed by atoms with Crippen LogP contribution in [0.1, 0.15) is 17.5 Å². The molecular weight excluding hydrogens is 202 g/mol. The maximum atomic E-state index is 10.9. The van der Waals surface area contributed by atoms with Crippen molar-refractivity contribution in [2.24, 2.45) is 5.73 Å². The monoisotopic (exact) mass is 219 g/mol. The molecule has 3 heteroatoms. The van der Waals surface area contributed by atoms with Gasteiger partial charge in [-0.05, 0) is 24.1 Å². The minimum absolute atomic E-state index is 0.226. The van der Waals surface area contributed by atoms with Gasteiger partial charge in [-0.2, -0.15) is 0 Å². The van der Waals surface area contributed by atoms with Gasteiger partial charge in [0.05, 0.1) is 13.5 Å². The van der Waals surface area contributed by atoms with Gasteiger partial charge in [-0.1, -0.05) is 36.4 Å². The third-order valence-electron chi connectivity index (χ3n) is 2.24. The molecule has 0 unspecified atom stereocenters. The summed E-state index contributed by atoms with van der Waals surface area (Å²) in [5.41, 5.74) is 7.77. The topological polar surface area (TPSA) is 52.3 Å². The summed E-state index contributed by atoms with van der Waals surface area (Å²) in [7, 11) is 1.39. The molecule has 16 heavy (non-hydrogen) atoms. The van der Waals surface area contributed by atoms with Crippen molar-refractivity contribution in [1.82, 2.24) is 0 Å². The highest BCUT2D eigenvalue weighted by Gasteiger charge is 1.94. The number of nitrogens with two attached hydrogens (primary N) is 1. The van der Waals surface area contributed by atoms with Crippen LogP contribution in [-0.4, -0.2) is 19.6 Å². The van der Waals surface area contributed by atoms with Crippen molar-refractivity contribution in [1.29, 1.82) is 0 Å². The summed E-state index contributed by atoms with van der Waals surface area (Å²) in [6, 6.07) is 8.12. The third-order valence-corrected chi connectivity index (χ3v) is 2.24. The molecule has 86 valence electrons. The molecule has 1 rings (SSSR count). The van der Waals surface area contributed by atoms with Gasteiger partial charge >= 0.3 is 5.97 Å². The predicted octanol–water partition coefficient (Wildman–Crippen LogP) is 1.76. The molecule has 0 spiro atoms. The number of hydrogen-bond donors (Lipinski definition) is 1. The molecular formula is C13H17NO2. The van der Waals surface area contributed by atoms with E-state index in [0.29, 0.717) is 13.0 Å². The zero-order valence-corrected chi connectivity index (χ0v) is 9.48. The first-order chi connectivity index (χ1) is 7.76. The number of ether oxygens (including phenoxy) is 1. The molecule has 0 aromatic heterocycles. The summed E-state index contributed by atoms with van der Waals surface area (Å²) < 4.78 is 4.54. The summed E-state index contributed by atoms with van der Waals surface area (Å²) in [4.78, 5) is 10.9. The molecule has 0 atom stereocenters. The maximum Gasteiger partial charge on any atom is 0.309 e. The first-order valence-corrected chi connectivity index (χ1v) is 5.28.